The van der Waals surface area contributed by atoms with Crippen molar-refractivity contribution < 1.29 is 4.79 Å². The standard InChI is InChI=1S/C14H19NO/c1-13-5-10-4-11(6-13)8-14(7-10,9-13)12(16)2-3-15/h10-11H,2,4-9H2,1H3. The first kappa shape index (κ1) is 10.3. The highest BCUT2D eigenvalue weighted by atomic mass is 16.1. The van der Waals surface area contributed by atoms with E-state index < -0.39 is 0 Å². The van der Waals surface area contributed by atoms with Crippen molar-refractivity contribution in [3.8, 4) is 6.07 Å². The van der Waals surface area contributed by atoms with E-state index in [4.69, 9.17) is 5.26 Å². The quantitative estimate of drug-likeness (QED) is 0.713. The first-order valence-electron chi connectivity index (χ1n) is 6.46. The second-order valence-electron chi connectivity index (χ2n) is 6.81. The molecule has 0 saturated heterocycles. The van der Waals surface area contributed by atoms with Crippen molar-refractivity contribution >= 4 is 5.78 Å². The molecule has 0 aromatic rings. The fraction of sp³-hybridized carbons (Fsp3) is 0.857. The molecule has 4 rings (SSSR count). The van der Waals surface area contributed by atoms with Gasteiger partial charge in [-0.2, -0.15) is 5.26 Å². The molecule has 4 bridgehead atoms. The fourth-order valence-corrected chi connectivity index (χ4v) is 5.31. The minimum Gasteiger partial charge on any atom is -0.298 e. The lowest BCUT2D eigenvalue weighted by Crippen LogP contribution is -2.53. The van der Waals surface area contributed by atoms with Gasteiger partial charge in [-0.1, -0.05) is 6.92 Å². The van der Waals surface area contributed by atoms with E-state index in [1.807, 2.05) is 0 Å². The number of ketones is 1. The lowest BCUT2D eigenvalue weighted by atomic mass is 9.43. The van der Waals surface area contributed by atoms with E-state index in [0.29, 0.717) is 5.41 Å². The number of nitrogens with zero attached hydrogens (tertiary/aromatic N) is 1. The topological polar surface area (TPSA) is 40.9 Å². The second-order valence-corrected chi connectivity index (χ2v) is 6.81. The zero-order valence-electron chi connectivity index (χ0n) is 9.96. The summed E-state index contributed by atoms with van der Waals surface area (Å²) in [5.41, 5.74) is 0.323. The Morgan fingerprint density at radius 3 is 2.44 bits per heavy atom. The number of carbonyl (C=O) groups is 1. The molecule has 4 saturated carbocycles. The number of Topliss-reactive ketones (excluding diaryl/α,β-unsaturated/α-hetero) is 1. The van der Waals surface area contributed by atoms with E-state index in [0.717, 1.165) is 31.1 Å². The van der Waals surface area contributed by atoms with Gasteiger partial charge in [-0.25, -0.2) is 0 Å². The fourth-order valence-electron chi connectivity index (χ4n) is 5.31. The Bertz CT molecular complexity index is 365. The van der Waals surface area contributed by atoms with Crippen LogP contribution in [-0.4, -0.2) is 5.78 Å². The van der Waals surface area contributed by atoms with E-state index in [2.05, 4.69) is 13.0 Å². The first-order valence-corrected chi connectivity index (χ1v) is 6.46. The lowest BCUT2D eigenvalue weighted by Gasteiger charge is -2.60. The number of nitriles is 1. The Morgan fingerprint density at radius 1 is 1.31 bits per heavy atom. The van der Waals surface area contributed by atoms with Crippen molar-refractivity contribution in [1.82, 2.24) is 0 Å². The van der Waals surface area contributed by atoms with Crippen LogP contribution in [0.2, 0.25) is 0 Å². The summed E-state index contributed by atoms with van der Waals surface area (Å²) in [6.07, 6.45) is 7.36. The van der Waals surface area contributed by atoms with Crippen molar-refractivity contribution in [3.63, 3.8) is 0 Å². The minimum atomic E-state index is -0.0887. The zero-order valence-corrected chi connectivity index (χ0v) is 9.96. The van der Waals surface area contributed by atoms with Crippen molar-refractivity contribution in [1.29, 1.82) is 5.26 Å². The highest BCUT2D eigenvalue weighted by Crippen LogP contribution is 2.65. The van der Waals surface area contributed by atoms with Gasteiger partial charge >= 0.3 is 0 Å². The maximum Gasteiger partial charge on any atom is 0.153 e. The Balaban J connectivity index is 1.92. The summed E-state index contributed by atoms with van der Waals surface area (Å²) < 4.78 is 0. The van der Waals surface area contributed by atoms with Gasteiger partial charge in [0.25, 0.3) is 0 Å². The third kappa shape index (κ3) is 1.34. The van der Waals surface area contributed by atoms with Gasteiger partial charge in [0.2, 0.25) is 0 Å². The molecule has 16 heavy (non-hydrogen) atoms. The Morgan fingerprint density at radius 2 is 1.94 bits per heavy atom. The molecular weight excluding hydrogens is 198 g/mol. The van der Waals surface area contributed by atoms with Gasteiger partial charge in [-0.15, -0.1) is 0 Å². The highest BCUT2D eigenvalue weighted by molar-refractivity contribution is 5.87. The number of hydrogen-bond donors (Lipinski definition) is 0. The van der Waals surface area contributed by atoms with Crippen LogP contribution in [0.1, 0.15) is 51.9 Å². The molecule has 4 fully saturated rings. The molecule has 4 aliphatic rings. The SMILES string of the molecule is CC12CC3CC(C1)CC(C(=O)CC#N)(C3)C2. The summed E-state index contributed by atoms with van der Waals surface area (Å²) in [7, 11) is 0. The smallest absolute Gasteiger partial charge is 0.153 e. The lowest BCUT2D eigenvalue weighted by molar-refractivity contribution is -0.152. The Kier molecular flexibility index (Phi) is 2.00. The van der Waals surface area contributed by atoms with Crippen molar-refractivity contribution in [2.45, 2.75) is 51.9 Å². The zero-order chi connectivity index (χ0) is 11.4. The second kappa shape index (κ2) is 3.09. The van der Waals surface area contributed by atoms with Gasteiger partial charge in [-0.05, 0) is 55.8 Å². The van der Waals surface area contributed by atoms with Crippen LogP contribution >= 0.6 is 0 Å². The molecule has 2 unspecified atom stereocenters. The number of rotatable bonds is 2. The molecule has 0 radical (unpaired) electrons. The predicted molar refractivity (Wildman–Crippen MR) is 60.5 cm³/mol. The number of hydrogen-bond acceptors (Lipinski definition) is 2. The van der Waals surface area contributed by atoms with Crippen LogP contribution in [0.25, 0.3) is 0 Å². The molecule has 86 valence electrons. The summed E-state index contributed by atoms with van der Waals surface area (Å²) in [6, 6.07) is 2.06. The van der Waals surface area contributed by atoms with Gasteiger partial charge < -0.3 is 0 Å². The van der Waals surface area contributed by atoms with Crippen LogP contribution < -0.4 is 0 Å². The van der Waals surface area contributed by atoms with Gasteiger partial charge in [0.1, 0.15) is 0 Å². The predicted octanol–water partition coefficient (Wildman–Crippen LogP) is 3.08. The summed E-state index contributed by atoms with van der Waals surface area (Å²) in [6.45, 7) is 2.36. The number of carbonyl (C=O) groups excluding carboxylic acids is 1. The van der Waals surface area contributed by atoms with Crippen LogP contribution in [0.4, 0.5) is 0 Å². The third-order valence-corrected chi connectivity index (χ3v) is 5.18. The van der Waals surface area contributed by atoms with Crippen LogP contribution in [0.3, 0.4) is 0 Å². The van der Waals surface area contributed by atoms with Crippen LogP contribution in [-0.2, 0) is 4.79 Å². The molecule has 0 aromatic heterocycles. The summed E-state index contributed by atoms with van der Waals surface area (Å²) in [5, 5.41) is 8.73. The van der Waals surface area contributed by atoms with E-state index in [-0.39, 0.29) is 17.6 Å². The van der Waals surface area contributed by atoms with Crippen molar-refractivity contribution in [3.05, 3.63) is 0 Å². The first-order chi connectivity index (χ1) is 7.55. The Labute approximate surface area is 97.0 Å². The molecule has 0 aliphatic heterocycles. The molecule has 0 aromatic carbocycles. The molecule has 0 N–H and O–H groups in total. The molecule has 2 atom stereocenters. The highest BCUT2D eigenvalue weighted by Gasteiger charge is 2.58. The molecular formula is C14H19NO. The van der Waals surface area contributed by atoms with Gasteiger partial charge in [0.05, 0.1) is 12.5 Å². The monoisotopic (exact) mass is 217 g/mol. The normalized spacial score (nSPS) is 49.0. The molecule has 2 heteroatoms. The van der Waals surface area contributed by atoms with Crippen molar-refractivity contribution in [2.24, 2.45) is 22.7 Å². The maximum atomic E-state index is 12.2. The summed E-state index contributed by atoms with van der Waals surface area (Å²) in [4.78, 5) is 12.2. The van der Waals surface area contributed by atoms with Crippen molar-refractivity contribution in [2.75, 3.05) is 0 Å². The molecule has 2 nitrogen and oxygen atoms in total. The van der Waals surface area contributed by atoms with E-state index in [1.165, 1.54) is 19.3 Å². The Hall–Kier alpha value is -0.840. The summed E-state index contributed by atoms with van der Waals surface area (Å²) >= 11 is 0. The van der Waals surface area contributed by atoms with E-state index in [1.54, 1.807) is 0 Å². The largest absolute Gasteiger partial charge is 0.298 e. The van der Waals surface area contributed by atoms with Gasteiger partial charge in [0.15, 0.2) is 5.78 Å². The van der Waals surface area contributed by atoms with Crippen LogP contribution in [0.5, 0.6) is 0 Å². The van der Waals surface area contributed by atoms with Crippen LogP contribution in [0.15, 0.2) is 0 Å². The third-order valence-electron chi connectivity index (χ3n) is 5.18. The van der Waals surface area contributed by atoms with Gasteiger partial charge in [-0.3, -0.25) is 4.79 Å². The minimum absolute atomic E-state index is 0.0887. The van der Waals surface area contributed by atoms with Crippen LogP contribution in [0, 0.1) is 34.0 Å². The average Bonchev–Trinajstić information content (AvgIpc) is 2.13. The molecule has 4 aliphatic carbocycles. The van der Waals surface area contributed by atoms with E-state index >= 15 is 0 Å². The summed E-state index contributed by atoms with van der Waals surface area (Å²) in [5.74, 6) is 1.79. The molecule has 0 heterocycles. The van der Waals surface area contributed by atoms with Gasteiger partial charge in [0, 0.05) is 5.41 Å². The average molecular weight is 217 g/mol. The maximum absolute atomic E-state index is 12.2. The van der Waals surface area contributed by atoms with E-state index in [9.17, 15) is 4.79 Å². The molecule has 0 amide bonds. The molecule has 0 spiro atoms.